The van der Waals surface area contributed by atoms with E-state index in [9.17, 15) is 12.8 Å². The van der Waals surface area contributed by atoms with Gasteiger partial charge < -0.3 is 4.74 Å². The Morgan fingerprint density at radius 1 is 1.44 bits per heavy atom. The van der Waals surface area contributed by atoms with E-state index in [-0.39, 0.29) is 23.4 Å². The van der Waals surface area contributed by atoms with Gasteiger partial charge in [-0.15, -0.1) is 0 Å². The first-order valence-corrected chi connectivity index (χ1v) is 10.8. The summed E-state index contributed by atoms with van der Waals surface area (Å²) in [5.74, 6) is 0.391. The summed E-state index contributed by atoms with van der Waals surface area (Å²) < 4.78 is 46.2. The lowest BCUT2D eigenvalue weighted by atomic mass is 9.74. The third kappa shape index (κ3) is 3.12. The van der Waals surface area contributed by atoms with Gasteiger partial charge in [-0.05, 0) is 25.3 Å². The van der Waals surface area contributed by atoms with Gasteiger partial charge in [0.05, 0.1) is 18.0 Å². The van der Waals surface area contributed by atoms with E-state index in [2.05, 4.69) is 9.62 Å². The molecule has 3 saturated heterocycles. The number of halogens is 1. The lowest BCUT2D eigenvalue weighted by Gasteiger charge is -2.29. The molecule has 0 aromatic heterocycles. The van der Waals surface area contributed by atoms with E-state index in [0.29, 0.717) is 24.6 Å². The number of aryl methyl sites for hydroxylation is 1. The standard InChI is InChI=1S/C18H25FN2O3S/c1-12-4-3-5-13(17(12)19)9-21-10-15-14(8-20-25(2,22)23)16-6-7-18(15,11-21)24-16/h3-5,14-16,20H,6-11H2,1-2H3/t14-,15+,16+,18+/m0/s1. The number of fused-ring (bicyclic) bond motifs is 1. The van der Waals surface area contributed by atoms with Crippen molar-refractivity contribution in [2.45, 2.75) is 38.0 Å². The molecule has 2 bridgehead atoms. The Labute approximate surface area is 148 Å². The molecule has 3 fully saturated rings. The number of hydrogen-bond acceptors (Lipinski definition) is 4. The monoisotopic (exact) mass is 368 g/mol. The SMILES string of the molecule is Cc1cccc(CN2C[C@@H]3[C@H](CNS(C)(=O)=O)[C@H]4CC[C@]3(C2)O4)c1F. The largest absolute Gasteiger partial charge is 0.370 e. The van der Waals surface area contributed by atoms with Gasteiger partial charge in [0, 0.05) is 43.6 Å². The van der Waals surface area contributed by atoms with Gasteiger partial charge in [0.1, 0.15) is 5.82 Å². The van der Waals surface area contributed by atoms with E-state index in [1.54, 1.807) is 13.0 Å². The number of nitrogens with zero attached hydrogens (tertiary/aromatic N) is 1. The normalized spacial score (nSPS) is 34.6. The summed E-state index contributed by atoms with van der Waals surface area (Å²) in [6.07, 6.45) is 3.35. The molecule has 0 amide bonds. The minimum atomic E-state index is -3.20. The van der Waals surface area contributed by atoms with Crippen LogP contribution in [0.5, 0.6) is 0 Å². The molecule has 1 spiro atoms. The van der Waals surface area contributed by atoms with Crippen LogP contribution in [0.3, 0.4) is 0 Å². The Kier molecular flexibility index (Phi) is 4.18. The predicted octanol–water partition coefficient (Wildman–Crippen LogP) is 1.66. The fraction of sp³-hybridized carbons (Fsp3) is 0.667. The van der Waals surface area contributed by atoms with E-state index in [1.807, 2.05) is 12.1 Å². The quantitative estimate of drug-likeness (QED) is 0.859. The van der Waals surface area contributed by atoms with Gasteiger partial charge in [-0.1, -0.05) is 18.2 Å². The van der Waals surface area contributed by atoms with Gasteiger partial charge in [-0.25, -0.2) is 17.5 Å². The van der Waals surface area contributed by atoms with Gasteiger partial charge in [0.15, 0.2) is 0 Å². The van der Waals surface area contributed by atoms with E-state index in [4.69, 9.17) is 4.74 Å². The van der Waals surface area contributed by atoms with Crippen LogP contribution < -0.4 is 4.72 Å². The molecule has 0 aliphatic carbocycles. The fourth-order valence-electron chi connectivity index (χ4n) is 5.00. The average Bonchev–Trinajstić information content (AvgIpc) is 3.16. The maximum Gasteiger partial charge on any atom is 0.208 e. The molecule has 3 heterocycles. The van der Waals surface area contributed by atoms with Crippen molar-refractivity contribution in [2.24, 2.45) is 11.8 Å². The molecule has 0 radical (unpaired) electrons. The highest BCUT2D eigenvalue weighted by Gasteiger charge is 2.62. The molecule has 3 aliphatic heterocycles. The molecular weight excluding hydrogens is 343 g/mol. The van der Waals surface area contributed by atoms with Gasteiger partial charge >= 0.3 is 0 Å². The highest BCUT2D eigenvalue weighted by molar-refractivity contribution is 7.88. The molecule has 4 atom stereocenters. The van der Waals surface area contributed by atoms with Gasteiger partial charge in [0.2, 0.25) is 10.0 Å². The molecular formula is C18H25FN2O3S. The zero-order chi connectivity index (χ0) is 17.8. The summed E-state index contributed by atoms with van der Waals surface area (Å²) in [6.45, 7) is 4.43. The van der Waals surface area contributed by atoms with Crippen molar-refractivity contribution >= 4 is 10.0 Å². The fourth-order valence-corrected chi connectivity index (χ4v) is 5.49. The Hall–Kier alpha value is -1.02. The Balaban J connectivity index is 1.49. The highest BCUT2D eigenvalue weighted by atomic mass is 32.2. The molecule has 1 N–H and O–H groups in total. The molecule has 4 rings (SSSR count). The van der Waals surface area contributed by atoms with Crippen LogP contribution >= 0.6 is 0 Å². The van der Waals surface area contributed by atoms with Crippen LogP contribution in [0.2, 0.25) is 0 Å². The summed E-state index contributed by atoms with van der Waals surface area (Å²) in [5, 5.41) is 0. The van der Waals surface area contributed by atoms with Crippen molar-refractivity contribution in [1.82, 2.24) is 9.62 Å². The zero-order valence-corrected chi connectivity index (χ0v) is 15.5. The summed E-state index contributed by atoms with van der Waals surface area (Å²) in [6, 6.07) is 5.52. The molecule has 138 valence electrons. The van der Waals surface area contributed by atoms with E-state index in [1.165, 1.54) is 6.26 Å². The van der Waals surface area contributed by atoms with Gasteiger partial charge in [-0.3, -0.25) is 4.90 Å². The maximum atomic E-state index is 14.3. The van der Waals surface area contributed by atoms with Crippen molar-refractivity contribution in [1.29, 1.82) is 0 Å². The topological polar surface area (TPSA) is 58.6 Å². The summed E-state index contributed by atoms with van der Waals surface area (Å²) >= 11 is 0. The highest BCUT2D eigenvalue weighted by Crippen LogP contribution is 2.54. The van der Waals surface area contributed by atoms with Crippen molar-refractivity contribution in [3.8, 4) is 0 Å². The molecule has 1 aromatic carbocycles. The van der Waals surface area contributed by atoms with Crippen LogP contribution in [0.15, 0.2) is 18.2 Å². The van der Waals surface area contributed by atoms with Crippen molar-refractivity contribution in [2.75, 3.05) is 25.9 Å². The Bertz CT molecular complexity index is 785. The number of benzene rings is 1. The van der Waals surface area contributed by atoms with Crippen LogP contribution in [0.1, 0.15) is 24.0 Å². The lowest BCUT2D eigenvalue weighted by molar-refractivity contribution is 0.00212. The average molecular weight is 368 g/mol. The number of sulfonamides is 1. The van der Waals surface area contributed by atoms with Crippen LogP contribution in [0, 0.1) is 24.6 Å². The molecule has 0 saturated carbocycles. The Morgan fingerprint density at radius 2 is 2.24 bits per heavy atom. The first kappa shape index (κ1) is 17.4. The minimum absolute atomic E-state index is 0.127. The van der Waals surface area contributed by atoms with Crippen LogP contribution in [-0.2, 0) is 21.3 Å². The molecule has 0 unspecified atom stereocenters. The molecule has 1 aromatic rings. The van der Waals surface area contributed by atoms with Crippen molar-refractivity contribution in [3.05, 3.63) is 35.1 Å². The second kappa shape index (κ2) is 6.01. The lowest BCUT2D eigenvalue weighted by Crippen LogP contribution is -2.41. The number of nitrogens with one attached hydrogen (secondary N) is 1. The minimum Gasteiger partial charge on any atom is -0.370 e. The first-order valence-electron chi connectivity index (χ1n) is 8.86. The molecule has 25 heavy (non-hydrogen) atoms. The second-order valence-electron chi connectivity index (χ2n) is 7.87. The van der Waals surface area contributed by atoms with Crippen molar-refractivity contribution < 1.29 is 17.5 Å². The van der Waals surface area contributed by atoms with Crippen LogP contribution in [-0.4, -0.2) is 50.9 Å². The summed E-state index contributed by atoms with van der Waals surface area (Å²) in [5.41, 5.74) is 1.22. The smallest absolute Gasteiger partial charge is 0.208 e. The van der Waals surface area contributed by atoms with Crippen molar-refractivity contribution in [3.63, 3.8) is 0 Å². The van der Waals surface area contributed by atoms with Crippen LogP contribution in [0.4, 0.5) is 4.39 Å². The van der Waals surface area contributed by atoms with Crippen LogP contribution in [0.25, 0.3) is 0 Å². The van der Waals surface area contributed by atoms with E-state index < -0.39 is 10.0 Å². The van der Waals surface area contributed by atoms with Gasteiger partial charge in [0.25, 0.3) is 0 Å². The number of ether oxygens (including phenoxy) is 1. The third-order valence-corrected chi connectivity index (χ3v) is 6.79. The molecule has 5 nitrogen and oxygen atoms in total. The predicted molar refractivity (Wildman–Crippen MR) is 93.1 cm³/mol. The number of likely N-dealkylation sites (tertiary alicyclic amines) is 1. The summed E-state index contributed by atoms with van der Waals surface area (Å²) in [7, 11) is -3.20. The molecule has 3 aliphatic rings. The van der Waals surface area contributed by atoms with E-state index >= 15 is 0 Å². The maximum absolute atomic E-state index is 14.3. The number of rotatable bonds is 5. The van der Waals surface area contributed by atoms with E-state index in [0.717, 1.165) is 31.5 Å². The third-order valence-electron chi connectivity index (χ3n) is 6.10. The first-order chi connectivity index (χ1) is 11.8. The summed E-state index contributed by atoms with van der Waals surface area (Å²) in [4.78, 5) is 2.26. The van der Waals surface area contributed by atoms with Gasteiger partial charge in [-0.2, -0.15) is 0 Å². The zero-order valence-electron chi connectivity index (χ0n) is 14.7. The Morgan fingerprint density at radius 3 is 3.00 bits per heavy atom. The second-order valence-corrected chi connectivity index (χ2v) is 9.70. The number of hydrogen-bond donors (Lipinski definition) is 1. The molecule has 7 heteroatoms.